The Morgan fingerprint density at radius 3 is 2.69 bits per heavy atom. The van der Waals surface area contributed by atoms with Crippen LogP contribution in [0.25, 0.3) is 0 Å². The van der Waals surface area contributed by atoms with Crippen molar-refractivity contribution < 1.29 is 9.53 Å². The van der Waals surface area contributed by atoms with E-state index in [1.54, 1.807) is 0 Å². The Balaban J connectivity index is 0.00000225. The molecular formula is C10H14Cl2N2O2. The van der Waals surface area contributed by atoms with E-state index in [2.05, 4.69) is 4.98 Å². The van der Waals surface area contributed by atoms with E-state index in [-0.39, 0.29) is 30.8 Å². The molecule has 0 aliphatic heterocycles. The molecule has 0 aliphatic carbocycles. The molecule has 0 saturated heterocycles. The van der Waals surface area contributed by atoms with Crippen LogP contribution in [0.2, 0.25) is 5.02 Å². The second-order valence-corrected chi connectivity index (χ2v) is 3.71. The minimum absolute atomic E-state index is 0. The first-order valence-electron chi connectivity index (χ1n) is 4.60. The quantitative estimate of drug-likeness (QED) is 0.846. The van der Waals surface area contributed by atoms with E-state index in [1.165, 1.54) is 12.3 Å². The van der Waals surface area contributed by atoms with E-state index in [0.717, 1.165) is 0 Å². The molecule has 0 unspecified atom stereocenters. The lowest BCUT2D eigenvalue weighted by molar-refractivity contribution is 0.100. The number of Topliss-reactive ketones (excluding diaryl/α,β-unsaturated/α-hetero) is 1. The number of ether oxygens (including phenoxy) is 1. The van der Waals surface area contributed by atoms with Gasteiger partial charge in [0.25, 0.3) is 0 Å². The summed E-state index contributed by atoms with van der Waals surface area (Å²) in [5.74, 6) is 0.140. The molecule has 0 spiro atoms. The van der Waals surface area contributed by atoms with Gasteiger partial charge in [0.2, 0.25) is 5.88 Å². The number of ketones is 1. The topological polar surface area (TPSA) is 65.2 Å². The van der Waals surface area contributed by atoms with Crippen LogP contribution >= 0.6 is 24.0 Å². The maximum Gasteiger partial charge on any atom is 0.232 e. The number of aromatic nitrogens is 1. The highest BCUT2D eigenvalue weighted by Gasteiger charge is 2.10. The molecule has 2 N–H and O–H groups in total. The van der Waals surface area contributed by atoms with Crippen LogP contribution in [0.1, 0.15) is 24.2 Å². The zero-order valence-electron chi connectivity index (χ0n) is 9.07. The van der Waals surface area contributed by atoms with Gasteiger partial charge in [0.1, 0.15) is 5.02 Å². The average Bonchev–Trinajstić information content (AvgIpc) is 2.19. The highest BCUT2D eigenvalue weighted by atomic mass is 35.5. The molecule has 0 radical (unpaired) electrons. The summed E-state index contributed by atoms with van der Waals surface area (Å²) in [4.78, 5) is 15.2. The van der Waals surface area contributed by atoms with Crippen molar-refractivity contribution in [2.75, 3.05) is 6.54 Å². The van der Waals surface area contributed by atoms with E-state index < -0.39 is 0 Å². The predicted molar refractivity (Wildman–Crippen MR) is 65.6 cm³/mol. The summed E-state index contributed by atoms with van der Waals surface area (Å²) in [5.41, 5.74) is 5.62. The predicted octanol–water partition coefficient (Wildman–Crippen LogP) is 2.09. The molecule has 0 fully saturated rings. The number of nitrogens with zero attached hydrogens (tertiary/aromatic N) is 1. The maximum atomic E-state index is 11.2. The highest BCUT2D eigenvalue weighted by molar-refractivity contribution is 6.32. The molecule has 90 valence electrons. The van der Waals surface area contributed by atoms with Gasteiger partial charge in [0, 0.05) is 11.8 Å². The Morgan fingerprint density at radius 2 is 2.25 bits per heavy atom. The zero-order chi connectivity index (χ0) is 11.4. The first-order chi connectivity index (χ1) is 7.04. The Hall–Kier alpha value is -0.840. The van der Waals surface area contributed by atoms with Gasteiger partial charge >= 0.3 is 0 Å². The zero-order valence-corrected chi connectivity index (χ0v) is 10.6. The number of carbonyl (C=O) groups is 1. The number of hydrogen-bond donors (Lipinski definition) is 1. The number of hydrogen-bond acceptors (Lipinski definition) is 4. The third kappa shape index (κ3) is 3.96. The average molecular weight is 265 g/mol. The van der Waals surface area contributed by atoms with Gasteiger partial charge in [-0.05, 0) is 19.9 Å². The highest BCUT2D eigenvalue weighted by Crippen LogP contribution is 2.23. The van der Waals surface area contributed by atoms with E-state index in [0.29, 0.717) is 16.5 Å². The van der Waals surface area contributed by atoms with Crippen molar-refractivity contribution in [1.82, 2.24) is 4.98 Å². The summed E-state index contributed by atoms with van der Waals surface area (Å²) in [5, 5.41) is 0.322. The monoisotopic (exact) mass is 264 g/mol. The number of halogens is 2. The first kappa shape index (κ1) is 15.2. The maximum absolute atomic E-state index is 11.2. The molecule has 0 atom stereocenters. The van der Waals surface area contributed by atoms with E-state index in [4.69, 9.17) is 22.1 Å². The number of pyridine rings is 1. The molecule has 0 saturated carbocycles. The van der Waals surface area contributed by atoms with Crippen LogP contribution in [0.4, 0.5) is 0 Å². The van der Waals surface area contributed by atoms with Gasteiger partial charge in [-0.25, -0.2) is 4.98 Å². The standard InChI is InChI=1S/C10H13ClN2O2.ClH/c1-6(2)15-10-8(11)3-7(5-13-10)9(14)4-12;/h3,5-6H,4,12H2,1-2H3;1H. The molecule has 1 heterocycles. The van der Waals surface area contributed by atoms with Crippen LogP contribution < -0.4 is 10.5 Å². The second-order valence-electron chi connectivity index (χ2n) is 3.30. The molecule has 0 aliphatic rings. The van der Waals surface area contributed by atoms with Gasteiger partial charge in [-0.3, -0.25) is 4.79 Å². The van der Waals surface area contributed by atoms with Gasteiger partial charge in [-0.15, -0.1) is 12.4 Å². The van der Waals surface area contributed by atoms with Crippen LogP contribution in [0, 0.1) is 0 Å². The Kier molecular flexibility index (Phi) is 6.33. The minimum atomic E-state index is -0.194. The van der Waals surface area contributed by atoms with Crippen molar-refractivity contribution in [3.05, 3.63) is 22.8 Å². The Bertz CT molecular complexity index is 370. The van der Waals surface area contributed by atoms with Crippen molar-refractivity contribution in [2.45, 2.75) is 20.0 Å². The van der Waals surface area contributed by atoms with Crippen molar-refractivity contribution >= 4 is 29.8 Å². The molecule has 0 aromatic carbocycles. The van der Waals surface area contributed by atoms with Gasteiger partial charge < -0.3 is 10.5 Å². The van der Waals surface area contributed by atoms with Gasteiger partial charge in [-0.2, -0.15) is 0 Å². The fourth-order valence-corrected chi connectivity index (χ4v) is 1.22. The summed E-state index contributed by atoms with van der Waals surface area (Å²) in [6.07, 6.45) is 1.41. The molecule has 4 nitrogen and oxygen atoms in total. The number of carbonyl (C=O) groups excluding carboxylic acids is 1. The van der Waals surface area contributed by atoms with E-state index >= 15 is 0 Å². The van der Waals surface area contributed by atoms with Crippen LogP contribution in [0.3, 0.4) is 0 Å². The van der Waals surface area contributed by atoms with Gasteiger partial charge in [0.15, 0.2) is 5.78 Å². The fraction of sp³-hybridized carbons (Fsp3) is 0.400. The van der Waals surface area contributed by atoms with Gasteiger partial charge in [-0.1, -0.05) is 11.6 Å². The molecule has 0 bridgehead atoms. The molecule has 0 amide bonds. The lowest BCUT2D eigenvalue weighted by atomic mass is 10.2. The van der Waals surface area contributed by atoms with Gasteiger partial charge in [0.05, 0.1) is 12.6 Å². The normalized spacial score (nSPS) is 9.81. The summed E-state index contributed by atoms with van der Waals surface area (Å²) in [6.45, 7) is 3.69. The molecule has 1 aromatic heterocycles. The van der Waals surface area contributed by atoms with Crippen molar-refractivity contribution in [3.8, 4) is 5.88 Å². The molecule has 6 heteroatoms. The summed E-state index contributed by atoms with van der Waals surface area (Å²) >= 11 is 5.89. The Morgan fingerprint density at radius 1 is 1.62 bits per heavy atom. The summed E-state index contributed by atoms with van der Waals surface area (Å²) < 4.78 is 5.33. The fourth-order valence-electron chi connectivity index (χ4n) is 1.01. The van der Waals surface area contributed by atoms with Crippen LogP contribution in [0.15, 0.2) is 12.3 Å². The lowest BCUT2D eigenvalue weighted by Gasteiger charge is -2.10. The minimum Gasteiger partial charge on any atom is -0.474 e. The Labute approximate surface area is 106 Å². The first-order valence-corrected chi connectivity index (χ1v) is 4.98. The lowest BCUT2D eigenvalue weighted by Crippen LogP contribution is -2.14. The third-order valence-electron chi connectivity index (χ3n) is 1.66. The largest absolute Gasteiger partial charge is 0.474 e. The van der Waals surface area contributed by atoms with E-state index in [9.17, 15) is 4.79 Å². The van der Waals surface area contributed by atoms with Crippen LogP contribution in [-0.4, -0.2) is 23.4 Å². The van der Waals surface area contributed by atoms with Crippen LogP contribution in [0.5, 0.6) is 5.88 Å². The van der Waals surface area contributed by atoms with Crippen molar-refractivity contribution in [1.29, 1.82) is 0 Å². The number of rotatable bonds is 4. The third-order valence-corrected chi connectivity index (χ3v) is 1.93. The molecule has 1 aromatic rings. The molecular weight excluding hydrogens is 251 g/mol. The molecule has 1 rings (SSSR count). The summed E-state index contributed by atoms with van der Waals surface area (Å²) in [6, 6.07) is 1.52. The molecule has 16 heavy (non-hydrogen) atoms. The second kappa shape index (κ2) is 6.68. The van der Waals surface area contributed by atoms with Crippen molar-refractivity contribution in [3.63, 3.8) is 0 Å². The van der Waals surface area contributed by atoms with Crippen LogP contribution in [-0.2, 0) is 0 Å². The van der Waals surface area contributed by atoms with Crippen molar-refractivity contribution in [2.24, 2.45) is 5.73 Å². The van der Waals surface area contributed by atoms with E-state index in [1.807, 2.05) is 13.8 Å². The smallest absolute Gasteiger partial charge is 0.232 e. The number of nitrogens with two attached hydrogens (primary N) is 1. The summed E-state index contributed by atoms with van der Waals surface area (Å²) in [7, 11) is 0. The SMILES string of the molecule is CC(C)Oc1ncc(C(=O)CN)cc1Cl.Cl.